The number of nitrogens with zero attached hydrogens (tertiary/aromatic N) is 1. The molecule has 0 aliphatic carbocycles. The predicted octanol–water partition coefficient (Wildman–Crippen LogP) is 2.01. The molecule has 1 saturated heterocycles. The Morgan fingerprint density at radius 3 is 2.47 bits per heavy atom. The third kappa shape index (κ3) is 3.01. The fraction of sp³-hybridized carbons (Fsp3) is 0.462. The van der Waals surface area contributed by atoms with E-state index in [1.54, 1.807) is 14.1 Å². The lowest BCUT2D eigenvalue weighted by Gasteiger charge is -2.16. The van der Waals surface area contributed by atoms with Crippen molar-refractivity contribution in [3.8, 4) is 0 Å². The summed E-state index contributed by atoms with van der Waals surface area (Å²) in [4.78, 5) is 13.2. The molecule has 1 N–H and O–H groups in total. The van der Waals surface area contributed by atoms with Crippen molar-refractivity contribution in [2.45, 2.75) is 6.42 Å². The number of hydrogen-bond donors (Lipinski definition) is 1. The average Bonchev–Trinajstić information content (AvgIpc) is 2.80. The Kier molecular flexibility index (Phi) is 3.99. The highest BCUT2D eigenvalue weighted by Crippen LogP contribution is 2.26. The first-order valence-electron chi connectivity index (χ1n) is 6.04. The Bertz CT molecular complexity index is 463. The van der Waals surface area contributed by atoms with Crippen LogP contribution in [-0.2, 0) is 9.53 Å². The molecule has 1 atom stereocenters. The van der Waals surface area contributed by atoms with E-state index in [9.17, 15) is 13.6 Å². The van der Waals surface area contributed by atoms with E-state index in [0.29, 0.717) is 19.6 Å². The molecule has 0 unspecified atom stereocenters. The summed E-state index contributed by atoms with van der Waals surface area (Å²) in [6, 6.07) is 2.23. The first kappa shape index (κ1) is 13.7. The summed E-state index contributed by atoms with van der Waals surface area (Å²) in [5.41, 5.74) is -0.000279. The number of carbonyl (C=O) groups is 1. The lowest BCUT2D eigenvalue weighted by molar-refractivity contribution is -0.119. The second kappa shape index (κ2) is 5.52. The molecule has 0 spiro atoms. The molecule has 1 amide bonds. The molecule has 0 aromatic heterocycles. The van der Waals surface area contributed by atoms with E-state index in [1.807, 2.05) is 0 Å². The van der Waals surface area contributed by atoms with Crippen LogP contribution < -0.4 is 10.2 Å². The number of benzene rings is 1. The van der Waals surface area contributed by atoms with Gasteiger partial charge in [-0.3, -0.25) is 4.79 Å². The van der Waals surface area contributed by atoms with Crippen LogP contribution in [0.4, 0.5) is 20.2 Å². The summed E-state index contributed by atoms with van der Waals surface area (Å²) >= 11 is 0. The molecule has 1 aliphatic rings. The highest BCUT2D eigenvalue weighted by Gasteiger charge is 2.24. The van der Waals surface area contributed by atoms with E-state index < -0.39 is 11.6 Å². The standard InChI is InChI=1S/C13H16F2N2O2/c1-17(2)12-10(14)5-9(6-11(12)15)16-13(18)8-3-4-19-7-8/h5-6,8H,3-4,7H2,1-2H3,(H,16,18)/t8-/m0/s1. The summed E-state index contributed by atoms with van der Waals surface area (Å²) in [7, 11) is 3.10. The monoisotopic (exact) mass is 270 g/mol. The van der Waals surface area contributed by atoms with Gasteiger partial charge in [-0.15, -0.1) is 0 Å². The minimum atomic E-state index is -0.706. The second-order valence-corrected chi connectivity index (χ2v) is 4.73. The van der Waals surface area contributed by atoms with E-state index in [2.05, 4.69) is 5.32 Å². The van der Waals surface area contributed by atoms with Gasteiger partial charge in [-0.2, -0.15) is 0 Å². The van der Waals surface area contributed by atoms with Gasteiger partial charge in [-0.05, 0) is 18.6 Å². The van der Waals surface area contributed by atoms with Gasteiger partial charge in [0, 0.05) is 26.4 Å². The van der Waals surface area contributed by atoms with E-state index in [1.165, 1.54) is 4.90 Å². The van der Waals surface area contributed by atoms with Gasteiger partial charge >= 0.3 is 0 Å². The fourth-order valence-corrected chi connectivity index (χ4v) is 2.05. The van der Waals surface area contributed by atoms with Gasteiger partial charge < -0.3 is 15.0 Å². The van der Waals surface area contributed by atoms with E-state index in [4.69, 9.17) is 4.74 Å². The lowest BCUT2D eigenvalue weighted by Crippen LogP contribution is -2.23. The van der Waals surface area contributed by atoms with Crippen LogP contribution >= 0.6 is 0 Å². The third-order valence-corrected chi connectivity index (χ3v) is 3.03. The van der Waals surface area contributed by atoms with Crippen molar-refractivity contribution in [2.75, 3.05) is 37.5 Å². The molecule has 2 rings (SSSR count). The fourth-order valence-electron chi connectivity index (χ4n) is 2.05. The molecule has 0 bridgehead atoms. The van der Waals surface area contributed by atoms with Crippen molar-refractivity contribution >= 4 is 17.3 Å². The predicted molar refractivity (Wildman–Crippen MR) is 68.2 cm³/mol. The van der Waals surface area contributed by atoms with Gasteiger partial charge in [0.05, 0.1) is 12.5 Å². The second-order valence-electron chi connectivity index (χ2n) is 4.73. The van der Waals surface area contributed by atoms with Crippen LogP contribution in [0.1, 0.15) is 6.42 Å². The lowest BCUT2D eigenvalue weighted by atomic mass is 10.1. The molecule has 0 saturated carbocycles. The maximum atomic E-state index is 13.7. The van der Waals surface area contributed by atoms with Crippen LogP contribution in [0.15, 0.2) is 12.1 Å². The molecule has 19 heavy (non-hydrogen) atoms. The van der Waals surface area contributed by atoms with Crippen LogP contribution in [0.2, 0.25) is 0 Å². The van der Waals surface area contributed by atoms with Gasteiger partial charge in [0.2, 0.25) is 5.91 Å². The summed E-state index contributed by atoms with van der Waals surface area (Å²) in [6.07, 6.45) is 0.632. The Labute approximate surface area is 110 Å². The molecule has 4 nitrogen and oxygen atoms in total. The maximum absolute atomic E-state index is 13.7. The van der Waals surface area contributed by atoms with Gasteiger partial charge in [0.15, 0.2) is 11.6 Å². The van der Waals surface area contributed by atoms with Crippen LogP contribution in [-0.4, -0.2) is 33.2 Å². The largest absolute Gasteiger partial charge is 0.381 e. The average molecular weight is 270 g/mol. The number of ether oxygens (including phenoxy) is 1. The minimum absolute atomic E-state index is 0.123. The SMILES string of the molecule is CN(C)c1c(F)cc(NC(=O)[C@H]2CCOC2)cc1F. The molecule has 104 valence electrons. The number of anilines is 2. The van der Waals surface area contributed by atoms with Crippen molar-refractivity contribution in [1.29, 1.82) is 0 Å². The Morgan fingerprint density at radius 1 is 1.37 bits per heavy atom. The molecule has 1 aromatic carbocycles. The first-order chi connectivity index (χ1) is 8.99. The van der Waals surface area contributed by atoms with E-state index >= 15 is 0 Å². The molecule has 1 heterocycles. The van der Waals surface area contributed by atoms with Crippen LogP contribution in [0.3, 0.4) is 0 Å². The van der Waals surface area contributed by atoms with Gasteiger partial charge in [0.1, 0.15) is 5.69 Å². The van der Waals surface area contributed by atoms with Crippen molar-refractivity contribution in [2.24, 2.45) is 5.92 Å². The molecular formula is C13H16F2N2O2. The zero-order chi connectivity index (χ0) is 14.0. The number of halogens is 2. The number of hydrogen-bond acceptors (Lipinski definition) is 3. The smallest absolute Gasteiger partial charge is 0.229 e. The zero-order valence-corrected chi connectivity index (χ0v) is 10.9. The molecule has 0 radical (unpaired) electrons. The third-order valence-electron chi connectivity index (χ3n) is 3.03. The number of amides is 1. The zero-order valence-electron chi connectivity index (χ0n) is 10.9. The minimum Gasteiger partial charge on any atom is -0.381 e. The molecular weight excluding hydrogens is 254 g/mol. The molecule has 1 aromatic rings. The maximum Gasteiger partial charge on any atom is 0.229 e. The van der Waals surface area contributed by atoms with Gasteiger partial charge in [-0.1, -0.05) is 0 Å². The number of nitrogens with one attached hydrogen (secondary N) is 1. The first-order valence-corrected chi connectivity index (χ1v) is 6.04. The summed E-state index contributed by atoms with van der Waals surface area (Å²) in [5, 5.41) is 2.51. The number of rotatable bonds is 3. The van der Waals surface area contributed by atoms with Crippen molar-refractivity contribution in [1.82, 2.24) is 0 Å². The number of carbonyl (C=O) groups excluding carboxylic acids is 1. The molecule has 1 fully saturated rings. The Balaban J connectivity index is 2.15. The van der Waals surface area contributed by atoms with E-state index in [-0.39, 0.29) is 23.2 Å². The van der Waals surface area contributed by atoms with Crippen LogP contribution in [0, 0.1) is 17.6 Å². The summed E-state index contributed by atoms with van der Waals surface area (Å²) in [5.74, 6) is -1.93. The van der Waals surface area contributed by atoms with Gasteiger partial charge in [0.25, 0.3) is 0 Å². The Morgan fingerprint density at radius 2 is 2.00 bits per heavy atom. The quantitative estimate of drug-likeness (QED) is 0.913. The van der Waals surface area contributed by atoms with Gasteiger partial charge in [-0.25, -0.2) is 8.78 Å². The summed E-state index contributed by atoms with van der Waals surface area (Å²) in [6.45, 7) is 0.896. The normalized spacial score (nSPS) is 18.4. The Hall–Kier alpha value is -1.69. The van der Waals surface area contributed by atoms with Crippen LogP contribution in [0.5, 0.6) is 0 Å². The summed E-state index contributed by atoms with van der Waals surface area (Å²) < 4.78 is 32.6. The van der Waals surface area contributed by atoms with Crippen molar-refractivity contribution in [3.05, 3.63) is 23.8 Å². The topological polar surface area (TPSA) is 41.6 Å². The van der Waals surface area contributed by atoms with E-state index in [0.717, 1.165) is 12.1 Å². The van der Waals surface area contributed by atoms with Crippen molar-refractivity contribution in [3.63, 3.8) is 0 Å². The molecule has 1 aliphatic heterocycles. The van der Waals surface area contributed by atoms with Crippen molar-refractivity contribution < 1.29 is 18.3 Å². The molecule has 6 heteroatoms. The highest BCUT2D eigenvalue weighted by molar-refractivity contribution is 5.93. The highest BCUT2D eigenvalue weighted by atomic mass is 19.1. The van der Waals surface area contributed by atoms with Crippen LogP contribution in [0.25, 0.3) is 0 Å².